The molecule has 0 aliphatic heterocycles. The van der Waals surface area contributed by atoms with E-state index in [0.717, 1.165) is 25.2 Å². The summed E-state index contributed by atoms with van der Waals surface area (Å²) in [6.07, 6.45) is 2.17. The summed E-state index contributed by atoms with van der Waals surface area (Å²) in [5.74, 6) is 1.35. The third-order valence-electron chi connectivity index (χ3n) is 2.53. The Labute approximate surface area is 56.5 Å². The van der Waals surface area contributed by atoms with Gasteiger partial charge in [-0.25, -0.2) is 4.39 Å². The molecular weight excluding hydrogens is 115 g/mol. The van der Waals surface area contributed by atoms with E-state index in [1.807, 2.05) is 0 Å². The largest absolute Gasteiger partial charge is 0.247 e. The van der Waals surface area contributed by atoms with Crippen LogP contribution in [0, 0.1) is 11.8 Å². The number of halogens is 1. The summed E-state index contributed by atoms with van der Waals surface area (Å²) in [6, 6.07) is 0. The van der Waals surface area contributed by atoms with Crippen LogP contribution in [0.3, 0.4) is 0 Å². The van der Waals surface area contributed by atoms with E-state index >= 15 is 0 Å². The van der Waals surface area contributed by atoms with Crippen molar-refractivity contribution in [3.63, 3.8) is 0 Å². The van der Waals surface area contributed by atoms with Crippen molar-refractivity contribution in [1.29, 1.82) is 0 Å². The van der Waals surface area contributed by atoms with Gasteiger partial charge in [0, 0.05) is 0 Å². The van der Waals surface area contributed by atoms with Crippen LogP contribution in [0.5, 0.6) is 0 Å². The first kappa shape index (κ1) is 7.04. The summed E-state index contributed by atoms with van der Waals surface area (Å²) >= 11 is 0. The second-order valence-electron chi connectivity index (χ2n) is 3.36. The van der Waals surface area contributed by atoms with Gasteiger partial charge in [-0.1, -0.05) is 13.8 Å². The third kappa shape index (κ3) is 1.67. The molecule has 0 radical (unpaired) electrons. The van der Waals surface area contributed by atoms with E-state index in [-0.39, 0.29) is 0 Å². The van der Waals surface area contributed by atoms with Gasteiger partial charge >= 0.3 is 0 Å². The summed E-state index contributed by atoms with van der Waals surface area (Å²) < 4.78 is 12.6. The van der Waals surface area contributed by atoms with Crippen LogP contribution in [0.4, 0.5) is 4.39 Å². The van der Waals surface area contributed by atoms with Crippen LogP contribution in [0.25, 0.3) is 0 Å². The third-order valence-corrected chi connectivity index (χ3v) is 2.53. The molecule has 0 aromatic heterocycles. The fourth-order valence-electron chi connectivity index (χ4n) is 1.48. The highest BCUT2D eigenvalue weighted by Crippen LogP contribution is 2.30. The minimum Gasteiger partial charge on any atom is -0.247 e. The fourth-order valence-corrected chi connectivity index (χ4v) is 1.48. The lowest BCUT2D eigenvalue weighted by atomic mass is 9.81. The molecule has 3 unspecified atom stereocenters. The van der Waals surface area contributed by atoms with Gasteiger partial charge in [0.15, 0.2) is 0 Å². The monoisotopic (exact) mass is 130 g/mol. The fraction of sp³-hybridized carbons (Fsp3) is 1.00. The van der Waals surface area contributed by atoms with Crippen LogP contribution in [0.2, 0.25) is 0 Å². The second kappa shape index (κ2) is 2.68. The number of hydrogen-bond acceptors (Lipinski definition) is 0. The first-order valence-electron chi connectivity index (χ1n) is 3.84. The summed E-state index contributed by atoms with van der Waals surface area (Å²) in [4.78, 5) is 0. The molecule has 9 heavy (non-hydrogen) atoms. The Hall–Kier alpha value is -0.0700. The summed E-state index contributed by atoms with van der Waals surface area (Å²) in [5.41, 5.74) is 0. The van der Waals surface area contributed by atoms with Crippen molar-refractivity contribution in [1.82, 2.24) is 0 Å². The molecule has 1 rings (SSSR count). The van der Waals surface area contributed by atoms with Crippen molar-refractivity contribution in [3.05, 3.63) is 0 Å². The van der Waals surface area contributed by atoms with Crippen molar-refractivity contribution in [2.75, 3.05) is 0 Å². The van der Waals surface area contributed by atoms with E-state index in [0.29, 0.717) is 5.92 Å². The lowest BCUT2D eigenvalue weighted by molar-refractivity contribution is 0.161. The molecule has 0 N–H and O–H groups in total. The highest BCUT2D eigenvalue weighted by molar-refractivity contribution is 4.74. The zero-order chi connectivity index (χ0) is 6.85. The predicted octanol–water partition coefficient (Wildman–Crippen LogP) is 2.78. The molecule has 0 aromatic rings. The van der Waals surface area contributed by atoms with Crippen molar-refractivity contribution in [2.45, 2.75) is 39.3 Å². The highest BCUT2D eigenvalue weighted by atomic mass is 19.1. The molecule has 0 spiro atoms. The minimum atomic E-state index is -0.504. The Kier molecular flexibility index (Phi) is 2.09. The van der Waals surface area contributed by atoms with E-state index in [4.69, 9.17) is 0 Å². The van der Waals surface area contributed by atoms with Gasteiger partial charge < -0.3 is 0 Å². The SMILES string of the molecule is CC1CCC(F)CC1C. The number of hydrogen-bond donors (Lipinski definition) is 0. The van der Waals surface area contributed by atoms with Crippen molar-refractivity contribution in [2.24, 2.45) is 11.8 Å². The Morgan fingerprint density at radius 1 is 1.11 bits per heavy atom. The summed E-state index contributed by atoms with van der Waals surface area (Å²) in [6.45, 7) is 4.37. The molecule has 1 aliphatic carbocycles. The Bertz CT molecular complexity index is 90.6. The minimum absolute atomic E-state index is 0.504. The van der Waals surface area contributed by atoms with Gasteiger partial charge in [0.2, 0.25) is 0 Å². The van der Waals surface area contributed by atoms with E-state index < -0.39 is 6.17 Å². The quantitative estimate of drug-likeness (QED) is 0.473. The normalized spacial score (nSPS) is 45.0. The Morgan fingerprint density at radius 3 is 2.22 bits per heavy atom. The predicted molar refractivity (Wildman–Crippen MR) is 37.1 cm³/mol. The van der Waals surface area contributed by atoms with E-state index in [1.165, 1.54) is 0 Å². The molecule has 54 valence electrons. The smallest absolute Gasteiger partial charge is 0.100 e. The Balaban J connectivity index is 2.35. The molecule has 0 aromatic carbocycles. The van der Waals surface area contributed by atoms with Crippen molar-refractivity contribution < 1.29 is 4.39 Å². The number of rotatable bonds is 0. The molecule has 0 heterocycles. The van der Waals surface area contributed by atoms with E-state index in [9.17, 15) is 4.39 Å². The lowest BCUT2D eigenvalue weighted by Gasteiger charge is -2.27. The molecule has 0 amide bonds. The van der Waals surface area contributed by atoms with Gasteiger partial charge in [0.05, 0.1) is 0 Å². The van der Waals surface area contributed by atoms with Crippen LogP contribution in [0.15, 0.2) is 0 Å². The van der Waals surface area contributed by atoms with E-state index in [2.05, 4.69) is 13.8 Å². The lowest BCUT2D eigenvalue weighted by Crippen LogP contribution is -2.21. The van der Waals surface area contributed by atoms with Gasteiger partial charge in [0.25, 0.3) is 0 Å². The zero-order valence-corrected chi connectivity index (χ0v) is 6.23. The standard InChI is InChI=1S/C8H15F/c1-6-3-4-8(9)5-7(6)2/h6-8H,3-5H2,1-2H3. The molecule has 0 saturated heterocycles. The van der Waals surface area contributed by atoms with Gasteiger partial charge in [-0.2, -0.15) is 0 Å². The molecular formula is C8H15F. The maximum Gasteiger partial charge on any atom is 0.100 e. The zero-order valence-electron chi connectivity index (χ0n) is 6.23. The summed E-state index contributed by atoms with van der Waals surface area (Å²) in [7, 11) is 0. The molecule has 1 aliphatic rings. The van der Waals surface area contributed by atoms with Crippen molar-refractivity contribution >= 4 is 0 Å². The maximum absolute atomic E-state index is 12.6. The molecule has 0 bridgehead atoms. The first-order chi connectivity index (χ1) is 4.20. The van der Waals surface area contributed by atoms with E-state index in [1.54, 1.807) is 0 Å². The Morgan fingerprint density at radius 2 is 1.78 bits per heavy atom. The topological polar surface area (TPSA) is 0 Å². The number of alkyl halides is 1. The average Bonchev–Trinajstić information content (AvgIpc) is 1.80. The van der Waals surface area contributed by atoms with Gasteiger partial charge in [-0.3, -0.25) is 0 Å². The van der Waals surface area contributed by atoms with Crippen LogP contribution >= 0.6 is 0 Å². The van der Waals surface area contributed by atoms with Crippen LogP contribution < -0.4 is 0 Å². The van der Waals surface area contributed by atoms with Gasteiger partial charge in [-0.05, 0) is 31.1 Å². The molecule has 1 fully saturated rings. The summed E-state index contributed by atoms with van der Waals surface area (Å²) in [5, 5.41) is 0. The van der Waals surface area contributed by atoms with Crippen LogP contribution in [0.1, 0.15) is 33.1 Å². The molecule has 0 nitrogen and oxygen atoms in total. The van der Waals surface area contributed by atoms with Crippen LogP contribution in [-0.2, 0) is 0 Å². The van der Waals surface area contributed by atoms with Gasteiger partial charge in [-0.15, -0.1) is 0 Å². The average molecular weight is 130 g/mol. The molecule has 1 saturated carbocycles. The molecule has 3 atom stereocenters. The first-order valence-corrected chi connectivity index (χ1v) is 3.84. The molecule has 1 heteroatoms. The maximum atomic E-state index is 12.6. The van der Waals surface area contributed by atoms with Crippen LogP contribution in [-0.4, -0.2) is 6.17 Å². The van der Waals surface area contributed by atoms with Gasteiger partial charge in [0.1, 0.15) is 6.17 Å². The van der Waals surface area contributed by atoms with Crippen molar-refractivity contribution in [3.8, 4) is 0 Å². The second-order valence-corrected chi connectivity index (χ2v) is 3.36. The highest BCUT2D eigenvalue weighted by Gasteiger charge is 2.23.